The fraction of sp³-hybridized carbons (Fsp3) is 0.462. The molecule has 0 spiro atoms. The summed E-state index contributed by atoms with van der Waals surface area (Å²) in [7, 11) is 0. The van der Waals surface area contributed by atoms with Gasteiger partial charge in [-0.25, -0.2) is 4.39 Å². The Balaban J connectivity index is 2.58. The summed E-state index contributed by atoms with van der Waals surface area (Å²) in [5.74, 6) is -0.303. The van der Waals surface area contributed by atoms with E-state index in [0.29, 0.717) is 17.0 Å². The maximum absolute atomic E-state index is 13.0. The molecule has 2 nitrogen and oxygen atoms in total. The van der Waals surface area contributed by atoms with Crippen molar-refractivity contribution in [1.82, 2.24) is 5.32 Å². The molecule has 0 heterocycles. The van der Waals surface area contributed by atoms with Crippen LogP contribution in [0, 0.1) is 5.82 Å². The van der Waals surface area contributed by atoms with Crippen LogP contribution >= 0.6 is 11.6 Å². The lowest BCUT2D eigenvalue weighted by atomic mass is 10.0. The third-order valence-electron chi connectivity index (χ3n) is 2.48. The zero-order valence-corrected chi connectivity index (χ0v) is 10.9. The van der Waals surface area contributed by atoms with Crippen LogP contribution in [0.3, 0.4) is 0 Å². The van der Waals surface area contributed by atoms with Gasteiger partial charge in [-0.15, -0.1) is 0 Å². The minimum Gasteiger partial charge on any atom is -0.314 e. The first-order valence-corrected chi connectivity index (χ1v) is 6.09. The Hall–Kier alpha value is -0.930. The zero-order valence-electron chi connectivity index (χ0n) is 10.1. The van der Waals surface area contributed by atoms with Crippen molar-refractivity contribution in [3.63, 3.8) is 0 Å². The Morgan fingerprint density at radius 3 is 2.88 bits per heavy atom. The van der Waals surface area contributed by atoms with Crippen molar-refractivity contribution in [3.8, 4) is 0 Å². The van der Waals surface area contributed by atoms with E-state index in [-0.39, 0.29) is 24.1 Å². The number of carbonyl (C=O) groups excluding carboxylic acids is 1. The third kappa shape index (κ3) is 4.84. The molecule has 0 aromatic heterocycles. The van der Waals surface area contributed by atoms with Crippen LogP contribution in [0.25, 0.3) is 0 Å². The molecule has 0 bridgehead atoms. The van der Waals surface area contributed by atoms with Gasteiger partial charge in [0.15, 0.2) is 0 Å². The molecule has 94 valence electrons. The van der Waals surface area contributed by atoms with Crippen LogP contribution in [0.1, 0.15) is 25.8 Å². The second-order valence-electron chi connectivity index (χ2n) is 4.11. The molecule has 4 heteroatoms. The van der Waals surface area contributed by atoms with Gasteiger partial charge in [0.25, 0.3) is 0 Å². The second-order valence-corrected chi connectivity index (χ2v) is 4.52. The van der Waals surface area contributed by atoms with E-state index in [1.54, 1.807) is 0 Å². The van der Waals surface area contributed by atoms with Crippen LogP contribution in [0.15, 0.2) is 18.2 Å². The molecule has 0 aliphatic heterocycles. The number of nitrogens with one attached hydrogen (secondary N) is 1. The van der Waals surface area contributed by atoms with Gasteiger partial charge in [-0.2, -0.15) is 0 Å². The van der Waals surface area contributed by atoms with Gasteiger partial charge >= 0.3 is 0 Å². The van der Waals surface area contributed by atoms with Crippen LogP contribution < -0.4 is 5.32 Å². The Kier molecular flexibility index (Phi) is 5.59. The molecular weight excluding hydrogens is 241 g/mol. The summed E-state index contributed by atoms with van der Waals surface area (Å²) in [5.41, 5.74) is 0.556. The second kappa shape index (κ2) is 6.72. The molecule has 1 aromatic carbocycles. The van der Waals surface area contributed by atoms with Crippen molar-refractivity contribution in [3.05, 3.63) is 34.6 Å². The molecule has 0 saturated heterocycles. The fourth-order valence-electron chi connectivity index (χ4n) is 1.73. The van der Waals surface area contributed by atoms with E-state index < -0.39 is 0 Å². The molecule has 1 atom stereocenters. The Bertz CT molecular complexity index is 395. The summed E-state index contributed by atoms with van der Waals surface area (Å²) in [4.78, 5) is 11.7. The largest absolute Gasteiger partial charge is 0.314 e. The highest BCUT2D eigenvalue weighted by Gasteiger charge is 2.11. The molecule has 1 unspecified atom stereocenters. The zero-order chi connectivity index (χ0) is 12.8. The average molecular weight is 258 g/mol. The molecule has 0 saturated carbocycles. The molecule has 1 rings (SSSR count). The molecule has 17 heavy (non-hydrogen) atoms. The first-order chi connectivity index (χ1) is 8.02. The molecule has 0 aliphatic rings. The molecule has 1 N–H and O–H groups in total. The number of rotatable bonds is 6. The molecule has 1 aromatic rings. The van der Waals surface area contributed by atoms with E-state index in [4.69, 9.17) is 11.6 Å². The highest BCUT2D eigenvalue weighted by atomic mass is 35.5. The monoisotopic (exact) mass is 257 g/mol. The highest BCUT2D eigenvalue weighted by Crippen LogP contribution is 2.18. The smallest absolute Gasteiger partial charge is 0.138 e. The molecule has 0 aliphatic carbocycles. The lowest BCUT2D eigenvalue weighted by Gasteiger charge is -2.11. The summed E-state index contributed by atoms with van der Waals surface area (Å²) >= 11 is 5.90. The Labute approximate surface area is 106 Å². The standard InChI is InChI=1S/C13H17ClFNO/c1-3-16-9(2)6-12(17)8-10-7-11(15)4-5-13(10)14/h4-5,7,9,16H,3,6,8H2,1-2H3. The number of hydrogen-bond acceptors (Lipinski definition) is 2. The maximum atomic E-state index is 13.0. The van der Waals surface area contributed by atoms with E-state index in [9.17, 15) is 9.18 Å². The van der Waals surface area contributed by atoms with E-state index in [1.165, 1.54) is 18.2 Å². The van der Waals surface area contributed by atoms with Crippen molar-refractivity contribution >= 4 is 17.4 Å². The average Bonchev–Trinajstić information content (AvgIpc) is 2.23. The quantitative estimate of drug-likeness (QED) is 0.849. The van der Waals surface area contributed by atoms with Crippen LogP contribution in [0.5, 0.6) is 0 Å². The number of hydrogen-bond donors (Lipinski definition) is 1. The normalized spacial score (nSPS) is 12.5. The van der Waals surface area contributed by atoms with Crippen molar-refractivity contribution in [2.24, 2.45) is 0 Å². The van der Waals surface area contributed by atoms with Crippen molar-refractivity contribution in [2.75, 3.05) is 6.54 Å². The Morgan fingerprint density at radius 2 is 2.24 bits per heavy atom. The van der Waals surface area contributed by atoms with E-state index in [1.807, 2.05) is 13.8 Å². The topological polar surface area (TPSA) is 29.1 Å². The van der Waals surface area contributed by atoms with Gasteiger partial charge in [0, 0.05) is 23.9 Å². The number of benzene rings is 1. The SMILES string of the molecule is CCNC(C)CC(=O)Cc1cc(F)ccc1Cl. The summed E-state index contributed by atoms with van der Waals surface area (Å²) in [6, 6.07) is 4.22. The number of Topliss-reactive ketones (excluding diaryl/α,β-unsaturated/α-hetero) is 1. The van der Waals surface area contributed by atoms with Crippen LogP contribution in [0.2, 0.25) is 5.02 Å². The number of ketones is 1. The van der Waals surface area contributed by atoms with Gasteiger partial charge < -0.3 is 5.32 Å². The summed E-state index contributed by atoms with van der Waals surface area (Å²) in [6.45, 7) is 4.77. The van der Waals surface area contributed by atoms with Gasteiger partial charge in [0.1, 0.15) is 11.6 Å². The predicted octanol–water partition coefficient (Wildman–Crippen LogP) is 2.98. The molecule has 0 amide bonds. The highest BCUT2D eigenvalue weighted by molar-refractivity contribution is 6.31. The van der Waals surface area contributed by atoms with Crippen molar-refractivity contribution < 1.29 is 9.18 Å². The van der Waals surface area contributed by atoms with Crippen molar-refractivity contribution in [1.29, 1.82) is 0 Å². The van der Waals surface area contributed by atoms with Gasteiger partial charge in [-0.3, -0.25) is 4.79 Å². The van der Waals surface area contributed by atoms with E-state index in [2.05, 4.69) is 5.32 Å². The van der Waals surface area contributed by atoms with Gasteiger partial charge in [-0.1, -0.05) is 18.5 Å². The van der Waals surface area contributed by atoms with Crippen molar-refractivity contribution in [2.45, 2.75) is 32.7 Å². The summed E-state index contributed by atoms with van der Waals surface area (Å²) in [5, 5.41) is 3.60. The predicted molar refractivity (Wildman–Crippen MR) is 67.9 cm³/mol. The first-order valence-electron chi connectivity index (χ1n) is 5.72. The van der Waals surface area contributed by atoms with Gasteiger partial charge in [-0.05, 0) is 37.2 Å². The number of halogens is 2. The lowest BCUT2D eigenvalue weighted by molar-refractivity contribution is -0.118. The lowest BCUT2D eigenvalue weighted by Crippen LogP contribution is -2.28. The molecule has 0 radical (unpaired) electrons. The van der Waals surface area contributed by atoms with Gasteiger partial charge in [0.2, 0.25) is 0 Å². The third-order valence-corrected chi connectivity index (χ3v) is 2.85. The first kappa shape index (κ1) is 14.1. The fourth-order valence-corrected chi connectivity index (χ4v) is 1.91. The number of carbonyl (C=O) groups is 1. The minimum absolute atomic E-state index is 0.0611. The molecule has 0 fully saturated rings. The van der Waals surface area contributed by atoms with E-state index in [0.717, 1.165) is 6.54 Å². The summed E-state index contributed by atoms with van der Waals surface area (Å²) < 4.78 is 13.0. The van der Waals surface area contributed by atoms with E-state index >= 15 is 0 Å². The van der Waals surface area contributed by atoms with Crippen LogP contribution in [-0.4, -0.2) is 18.4 Å². The maximum Gasteiger partial charge on any atom is 0.138 e. The molecular formula is C13H17ClFNO. The van der Waals surface area contributed by atoms with Crippen LogP contribution in [0.4, 0.5) is 4.39 Å². The Morgan fingerprint density at radius 1 is 1.53 bits per heavy atom. The van der Waals surface area contributed by atoms with Crippen LogP contribution in [-0.2, 0) is 11.2 Å². The minimum atomic E-state index is -0.364. The summed E-state index contributed by atoms with van der Waals surface area (Å²) in [6.07, 6.45) is 0.618. The van der Waals surface area contributed by atoms with Gasteiger partial charge in [0.05, 0.1) is 0 Å².